The van der Waals surface area contributed by atoms with E-state index in [9.17, 15) is 4.79 Å². The van der Waals surface area contributed by atoms with Gasteiger partial charge < -0.3 is 5.32 Å². The molecule has 1 fully saturated rings. The predicted octanol–water partition coefficient (Wildman–Crippen LogP) is 2.67. The van der Waals surface area contributed by atoms with Crippen LogP contribution in [0.5, 0.6) is 0 Å². The molecule has 4 nitrogen and oxygen atoms in total. The molecule has 0 bridgehead atoms. The number of nitrogens with one attached hydrogen (secondary N) is 1. The van der Waals surface area contributed by atoms with Gasteiger partial charge in [0.15, 0.2) is 0 Å². The molecule has 1 N–H and O–H groups in total. The summed E-state index contributed by atoms with van der Waals surface area (Å²) in [5, 5.41) is 7.12. The Labute approximate surface area is 130 Å². The fourth-order valence-corrected chi connectivity index (χ4v) is 2.98. The average Bonchev–Trinajstić information content (AvgIpc) is 2.91. The highest BCUT2D eigenvalue weighted by Crippen LogP contribution is 2.43. The van der Waals surface area contributed by atoms with Crippen molar-refractivity contribution in [2.24, 2.45) is 7.05 Å². The van der Waals surface area contributed by atoms with Gasteiger partial charge in [-0.15, -0.1) is 0 Å². The third-order valence-electron chi connectivity index (χ3n) is 4.45. The Hall–Kier alpha value is -2.36. The second-order valence-electron chi connectivity index (χ2n) is 6.00. The number of hydrogen-bond donors (Lipinski definition) is 1. The Morgan fingerprint density at radius 1 is 1.36 bits per heavy atom. The summed E-state index contributed by atoms with van der Waals surface area (Å²) in [6.45, 7) is 0.702. The van der Waals surface area contributed by atoms with E-state index in [1.165, 1.54) is 12.0 Å². The van der Waals surface area contributed by atoms with Crippen LogP contribution >= 0.6 is 0 Å². The largest absolute Gasteiger partial charge is 0.352 e. The smallest absolute Gasteiger partial charge is 0.244 e. The fraction of sp³-hybridized carbons (Fsp3) is 0.333. The van der Waals surface area contributed by atoms with Crippen LogP contribution in [-0.2, 0) is 17.3 Å². The van der Waals surface area contributed by atoms with E-state index in [4.69, 9.17) is 0 Å². The number of hydrogen-bond acceptors (Lipinski definition) is 2. The van der Waals surface area contributed by atoms with Gasteiger partial charge in [0.2, 0.25) is 5.91 Å². The van der Waals surface area contributed by atoms with Crippen LogP contribution in [0.4, 0.5) is 0 Å². The summed E-state index contributed by atoms with van der Waals surface area (Å²) in [5.41, 5.74) is 2.39. The Bertz CT molecular complexity index is 669. The first-order valence-corrected chi connectivity index (χ1v) is 7.68. The van der Waals surface area contributed by atoms with Crippen molar-refractivity contribution >= 4 is 12.0 Å². The lowest BCUT2D eigenvalue weighted by atomic mass is 9.64. The summed E-state index contributed by atoms with van der Waals surface area (Å²) in [4.78, 5) is 12.0. The van der Waals surface area contributed by atoms with Crippen LogP contribution in [0, 0.1) is 0 Å². The Kier molecular flexibility index (Phi) is 4.09. The first-order valence-electron chi connectivity index (χ1n) is 7.68. The standard InChI is InChI=1S/C18H21N3O/c1-21-13-15(12-20-21)8-9-17(22)19-14-18(10-5-11-18)16-6-3-2-4-7-16/h2-4,6-9,12-13H,5,10-11,14H2,1H3,(H,19,22)/b9-8+. The van der Waals surface area contributed by atoms with Gasteiger partial charge in [-0.3, -0.25) is 9.48 Å². The van der Waals surface area contributed by atoms with Crippen LogP contribution in [0.25, 0.3) is 6.08 Å². The minimum absolute atomic E-state index is 0.0499. The molecular weight excluding hydrogens is 274 g/mol. The van der Waals surface area contributed by atoms with Crippen molar-refractivity contribution in [1.82, 2.24) is 15.1 Å². The van der Waals surface area contributed by atoms with Gasteiger partial charge in [-0.25, -0.2) is 0 Å². The highest BCUT2D eigenvalue weighted by molar-refractivity contribution is 5.91. The minimum Gasteiger partial charge on any atom is -0.352 e. The van der Waals surface area contributed by atoms with Gasteiger partial charge in [-0.2, -0.15) is 5.10 Å². The molecule has 0 atom stereocenters. The second-order valence-corrected chi connectivity index (χ2v) is 6.00. The monoisotopic (exact) mass is 295 g/mol. The van der Waals surface area contributed by atoms with E-state index in [1.54, 1.807) is 23.0 Å². The van der Waals surface area contributed by atoms with E-state index in [0.29, 0.717) is 6.54 Å². The van der Waals surface area contributed by atoms with Crippen molar-refractivity contribution in [3.8, 4) is 0 Å². The summed E-state index contributed by atoms with van der Waals surface area (Å²) in [6.07, 6.45) is 10.5. The molecule has 0 spiro atoms. The molecular formula is C18H21N3O. The van der Waals surface area contributed by atoms with Crippen LogP contribution in [0.15, 0.2) is 48.8 Å². The molecule has 2 aromatic rings. The maximum absolute atomic E-state index is 12.0. The Morgan fingerprint density at radius 3 is 2.73 bits per heavy atom. The fourth-order valence-electron chi connectivity index (χ4n) is 2.98. The van der Waals surface area contributed by atoms with Crippen LogP contribution in [0.1, 0.15) is 30.4 Å². The van der Waals surface area contributed by atoms with Crippen LogP contribution in [-0.4, -0.2) is 22.2 Å². The highest BCUT2D eigenvalue weighted by atomic mass is 16.1. The molecule has 1 saturated carbocycles. The number of carbonyl (C=O) groups is 1. The number of aromatic nitrogens is 2. The molecule has 1 amide bonds. The number of aryl methyl sites for hydroxylation is 1. The molecule has 114 valence electrons. The van der Waals surface area contributed by atoms with Crippen molar-refractivity contribution in [3.05, 3.63) is 59.9 Å². The van der Waals surface area contributed by atoms with Gasteiger partial charge in [-0.05, 0) is 24.5 Å². The molecule has 0 saturated heterocycles. The molecule has 1 aliphatic carbocycles. The number of rotatable bonds is 5. The molecule has 0 unspecified atom stereocenters. The van der Waals surface area contributed by atoms with Crippen LogP contribution in [0.3, 0.4) is 0 Å². The lowest BCUT2D eigenvalue weighted by Gasteiger charge is -2.42. The van der Waals surface area contributed by atoms with Gasteiger partial charge in [0, 0.05) is 36.8 Å². The number of nitrogens with zero attached hydrogens (tertiary/aromatic N) is 2. The van der Waals surface area contributed by atoms with E-state index in [-0.39, 0.29) is 11.3 Å². The van der Waals surface area contributed by atoms with E-state index in [2.05, 4.69) is 34.7 Å². The molecule has 3 rings (SSSR count). The van der Waals surface area contributed by atoms with Crippen LogP contribution < -0.4 is 5.32 Å². The van der Waals surface area contributed by atoms with Gasteiger partial charge in [0.1, 0.15) is 0 Å². The number of carbonyl (C=O) groups excluding carboxylic acids is 1. The van der Waals surface area contributed by atoms with E-state index >= 15 is 0 Å². The minimum atomic E-state index is -0.0499. The predicted molar refractivity (Wildman–Crippen MR) is 87.2 cm³/mol. The summed E-state index contributed by atoms with van der Waals surface area (Å²) in [7, 11) is 1.86. The zero-order valence-corrected chi connectivity index (χ0v) is 12.8. The lowest BCUT2D eigenvalue weighted by molar-refractivity contribution is -0.116. The third-order valence-corrected chi connectivity index (χ3v) is 4.45. The van der Waals surface area contributed by atoms with Crippen molar-refractivity contribution in [2.45, 2.75) is 24.7 Å². The second kappa shape index (κ2) is 6.18. The van der Waals surface area contributed by atoms with Crippen molar-refractivity contribution in [1.29, 1.82) is 0 Å². The van der Waals surface area contributed by atoms with Gasteiger partial charge >= 0.3 is 0 Å². The van der Waals surface area contributed by atoms with Crippen LogP contribution in [0.2, 0.25) is 0 Å². The summed E-state index contributed by atoms with van der Waals surface area (Å²) < 4.78 is 1.72. The van der Waals surface area contributed by atoms with Crippen molar-refractivity contribution < 1.29 is 4.79 Å². The molecule has 0 radical (unpaired) electrons. The molecule has 1 aliphatic rings. The number of benzene rings is 1. The number of amides is 1. The van der Waals surface area contributed by atoms with Gasteiger partial charge in [-0.1, -0.05) is 36.8 Å². The summed E-state index contributed by atoms with van der Waals surface area (Å²) in [6, 6.07) is 10.5. The summed E-state index contributed by atoms with van der Waals surface area (Å²) in [5.74, 6) is -0.0499. The lowest BCUT2D eigenvalue weighted by Crippen LogP contribution is -2.45. The first-order chi connectivity index (χ1) is 10.7. The maximum atomic E-state index is 12.0. The molecule has 1 aromatic carbocycles. The molecule has 22 heavy (non-hydrogen) atoms. The van der Waals surface area contributed by atoms with Gasteiger partial charge in [0.25, 0.3) is 0 Å². The summed E-state index contributed by atoms with van der Waals surface area (Å²) >= 11 is 0. The Balaban J connectivity index is 1.59. The average molecular weight is 295 g/mol. The molecule has 0 aliphatic heterocycles. The van der Waals surface area contributed by atoms with E-state index in [0.717, 1.165) is 18.4 Å². The van der Waals surface area contributed by atoms with E-state index in [1.807, 2.05) is 19.3 Å². The highest BCUT2D eigenvalue weighted by Gasteiger charge is 2.38. The topological polar surface area (TPSA) is 46.9 Å². The van der Waals surface area contributed by atoms with Crippen molar-refractivity contribution in [2.75, 3.05) is 6.54 Å². The third kappa shape index (κ3) is 3.11. The molecule has 4 heteroatoms. The Morgan fingerprint density at radius 2 is 2.14 bits per heavy atom. The van der Waals surface area contributed by atoms with E-state index < -0.39 is 0 Å². The SMILES string of the molecule is Cn1cc(/C=C/C(=O)NCC2(c3ccccc3)CCC2)cn1. The molecule has 1 aromatic heterocycles. The maximum Gasteiger partial charge on any atom is 0.244 e. The zero-order chi connectivity index (χ0) is 15.4. The van der Waals surface area contributed by atoms with Crippen molar-refractivity contribution in [3.63, 3.8) is 0 Å². The molecule has 1 heterocycles. The first kappa shape index (κ1) is 14.6. The normalized spacial score (nSPS) is 16.4. The van der Waals surface area contributed by atoms with Gasteiger partial charge in [0.05, 0.1) is 6.20 Å². The zero-order valence-electron chi connectivity index (χ0n) is 12.8. The quantitative estimate of drug-likeness (QED) is 0.862.